The summed E-state index contributed by atoms with van der Waals surface area (Å²) in [6.45, 7) is 3.19. The molecule has 0 saturated carbocycles. The number of aliphatic hydroxyl groups excluding tert-OH is 1. The number of alkyl halides is 3. The van der Waals surface area contributed by atoms with Crippen LogP contribution in [-0.2, 0) is 4.79 Å². The number of hydrogen-bond acceptors (Lipinski definition) is 2. The first-order valence-corrected chi connectivity index (χ1v) is 4.13. The van der Waals surface area contributed by atoms with Crippen LogP contribution in [0, 0.1) is 11.8 Å². The topological polar surface area (TPSA) is 57.5 Å². The molecule has 0 saturated heterocycles. The molecule has 0 aromatic carbocycles. The third-order valence-corrected chi connectivity index (χ3v) is 1.76. The Labute approximate surface area is 79.5 Å². The lowest BCUT2D eigenvalue weighted by molar-refractivity contribution is -0.224. The molecule has 0 rings (SSSR count). The second kappa shape index (κ2) is 4.63. The van der Waals surface area contributed by atoms with Gasteiger partial charge in [-0.15, -0.1) is 0 Å². The highest BCUT2D eigenvalue weighted by atomic mass is 19.4. The molecule has 3 nitrogen and oxygen atoms in total. The summed E-state index contributed by atoms with van der Waals surface area (Å²) in [5.74, 6) is -3.62. The van der Waals surface area contributed by atoms with Crippen LogP contribution >= 0.6 is 0 Å². The second-order valence-electron chi connectivity index (χ2n) is 3.56. The highest BCUT2D eigenvalue weighted by Gasteiger charge is 2.46. The van der Waals surface area contributed by atoms with E-state index in [2.05, 4.69) is 0 Å². The molecular formula is C8H13F3O3. The number of halogens is 3. The van der Waals surface area contributed by atoms with Gasteiger partial charge in [-0.2, -0.15) is 13.2 Å². The molecule has 0 heterocycles. The van der Waals surface area contributed by atoms with E-state index in [1.54, 1.807) is 13.8 Å². The summed E-state index contributed by atoms with van der Waals surface area (Å²) in [5, 5.41) is 17.3. The zero-order valence-corrected chi connectivity index (χ0v) is 7.88. The predicted octanol–water partition coefficient (Wildman–Crippen LogP) is 1.66. The van der Waals surface area contributed by atoms with Crippen LogP contribution in [0.2, 0.25) is 0 Å². The molecule has 0 unspecified atom stereocenters. The fourth-order valence-corrected chi connectivity index (χ4v) is 1.10. The Bertz CT molecular complexity index is 200. The van der Waals surface area contributed by atoms with E-state index >= 15 is 0 Å². The Kier molecular flexibility index (Phi) is 4.38. The Morgan fingerprint density at radius 2 is 1.79 bits per heavy atom. The number of rotatable bonds is 4. The lowest BCUT2D eigenvalue weighted by atomic mass is 9.92. The van der Waals surface area contributed by atoms with E-state index in [1.807, 2.05) is 0 Å². The molecule has 0 aliphatic rings. The monoisotopic (exact) mass is 214 g/mol. The maximum atomic E-state index is 12.0. The van der Waals surface area contributed by atoms with E-state index in [1.165, 1.54) is 0 Å². The van der Waals surface area contributed by atoms with E-state index in [4.69, 9.17) is 10.2 Å². The summed E-state index contributed by atoms with van der Waals surface area (Å²) in [7, 11) is 0. The van der Waals surface area contributed by atoms with E-state index in [0.29, 0.717) is 0 Å². The average molecular weight is 214 g/mol. The Balaban J connectivity index is 4.58. The first-order chi connectivity index (χ1) is 6.16. The van der Waals surface area contributed by atoms with E-state index in [-0.39, 0.29) is 12.3 Å². The van der Waals surface area contributed by atoms with Crippen molar-refractivity contribution >= 4 is 5.97 Å². The predicted molar refractivity (Wildman–Crippen MR) is 42.6 cm³/mol. The Hall–Kier alpha value is -0.780. The number of carboxylic acids is 1. The van der Waals surface area contributed by atoms with Crippen LogP contribution < -0.4 is 0 Å². The second-order valence-corrected chi connectivity index (χ2v) is 3.56. The molecule has 0 aromatic rings. The van der Waals surface area contributed by atoms with Crippen molar-refractivity contribution < 1.29 is 28.2 Å². The van der Waals surface area contributed by atoms with Gasteiger partial charge < -0.3 is 10.2 Å². The van der Waals surface area contributed by atoms with Gasteiger partial charge in [0.15, 0.2) is 6.10 Å². The first kappa shape index (κ1) is 13.2. The molecule has 0 fully saturated rings. The van der Waals surface area contributed by atoms with Crippen molar-refractivity contribution in [3.8, 4) is 0 Å². The molecule has 0 spiro atoms. The number of carbonyl (C=O) groups is 1. The van der Waals surface area contributed by atoms with Gasteiger partial charge in [0.1, 0.15) is 0 Å². The smallest absolute Gasteiger partial charge is 0.415 e. The standard InChI is InChI=1S/C8H13F3O3/c1-4(2)3-5(7(13)14)6(12)8(9,10)11/h4-6,12H,3H2,1-2H3,(H,13,14)/t5-,6-/m0/s1. The van der Waals surface area contributed by atoms with E-state index in [0.717, 1.165) is 0 Å². The molecule has 14 heavy (non-hydrogen) atoms. The maximum Gasteiger partial charge on any atom is 0.415 e. The van der Waals surface area contributed by atoms with Crippen molar-refractivity contribution in [2.75, 3.05) is 0 Å². The summed E-state index contributed by atoms with van der Waals surface area (Å²) in [5.41, 5.74) is 0. The number of carboxylic acid groups (broad SMARTS) is 1. The van der Waals surface area contributed by atoms with Crippen LogP contribution in [0.15, 0.2) is 0 Å². The van der Waals surface area contributed by atoms with Crippen LogP contribution in [0.1, 0.15) is 20.3 Å². The Morgan fingerprint density at radius 3 is 2.00 bits per heavy atom. The third kappa shape index (κ3) is 3.95. The van der Waals surface area contributed by atoms with Gasteiger partial charge in [-0.3, -0.25) is 4.79 Å². The van der Waals surface area contributed by atoms with Crippen LogP contribution in [0.4, 0.5) is 13.2 Å². The lowest BCUT2D eigenvalue weighted by Gasteiger charge is -2.22. The molecule has 2 N–H and O–H groups in total. The average Bonchev–Trinajstić information content (AvgIpc) is 1.96. The molecule has 0 aliphatic carbocycles. The van der Waals surface area contributed by atoms with Crippen LogP contribution in [0.5, 0.6) is 0 Å². The molecule has 0 amide bonds. The summed E-state index contributed by atoms with van der Waals surface area (Å²) < 4.78 is 36.0. The Morgan fingerprint density at radius 1 is 1.36 bits per heavy atom. The van der Waals surface area contributed by atoms with Gasteiger partial charge in [-0.05, 0) is 12.3 Å². The van der Waals surface area contributed by atoms with Gasteiger partial charge in [0.2, 0.25) is 0 Å². The van der Waals surface area contributed by atoms with E-state index in [9.17, 15) is 18.0 Å². The molecule has 6 heteroatoms. The minimum atomic E-state index is -4.88. The number of hydrogen-bond donors (Lipinski definition) is 2. The van der Waals surface area contributed by atoms with Gasteiger partial charge in [0.25, 0.3) is 0 Å². The summed E-state index contributed by atoms with van der Waals surface area (Å²) in [6.07, 6.45) is -7.86. The minimum absolute atomic E-state index is 0.198. The third-order valence-electron chi connectivity index (χ3n) is 1.76. The molecular weight excluding hydrogens is 201 g/mol. The summed E-state index contributed by atoms with van der Waals surface area (Å²) >= 11 is 0. The van der Waals surface area contributed by atoms with Crippen molar-refractivity contribution in [1.29, 1.82) is 0 Å². The quantitative estimate of drug-likeness (QED) is 0.748. The van der Waals surface area contributed by atoms with Gasteiger partial charge in [0.05, 0.1) is 5.92 Å². The zero-order chi connectivity index (χ0) is 11.5. The largest absolute Gasteiger partial charge is 0.481 e. The summed E-state index contributed by atoms with van der Waals surface area (Å²) in [6, 6.07) is 0. The maximum absolute atomic E-state index is 12.0. The molecule has 0 aromatic heterocycles. The fraction of sp³-hybridized carbons (Fsp3) is 0.875. The molecule has 0 aliphatic heterocycles. The SMILES string of the molecule is CC(C)C[C@H](C(=O)O)[C@H](O)C(F)(F)F. The van der Waals surface area contributed by atoms with Crippen molar-refractivity contribution in [2.24, 2.45) is 11.8 Å². The van der Waals surface area contributed by atoms with Gasteiger partial charge in [0, 0.05) is 0 Å². The van der Waals surface area contributed by atoms with Crippen molar-refractivity contribution in [3.05, 3.63) is 0 Å². The van der Waals surface area contributed by atoms with Gasteiger partial charge >= 0.3 is 12.1 Å². The van der Waals surface area contributed by atoms with Crippen molar-refractivity contribution in [2.45, 2.75) is 32.5 Å². The number of aliphatic carboxylic acids is 1. The van der Waals surface area contributed by atoms with Crippen molar-refractivity contribution in [1.82, 2.24) is 0 Å². The molecule has 2 atom stereocenters. The van der Waals surface area contributed by atoms with Crippen LogP contribution in [0.3, 0.4) is 0 Å². The molecule has 0 bridgehead atoms. The van der Waals surface area contributed by atoms with Gasteiger partial charge in [-0.1, -0.05) is 13.8 Å². The zero-order valence-electron chi connectivity index (χ0n) is 7.88. The van der Waals surface area contributed by atoms with E-state index < -0.39 is 24.2 Å². The minimum Gasteiger partial charge on any atom is -0.481 e. The van der Waals surface area contributed by atoms with Crippen LogP contribution in [-0.4, -0.2) is 28.5 Å². The number of aliphatic hydroxyl groups is 1. The van der Waals surface area contributed by atoms with Crippen LogP contribution in [0.25, 0.3) is 0 Å². The highest BCUT2D eigenvalue weighted by Crippen LogP contribution is 2.29. The molecule has 0 radical (unpaired) electrons. The lowest BCUT2D eigenvalue weighted by Crippen LogP contribution is -2.40. The van der Waals surface area contributed by atoms with Gasteiger partial charge in [-0.25, -0.2) is 0 Å². The normalized spacial score (nSPS) is 16.8. The summed E-state index contributed by atoms with van der Waals surface area (Å²) in [4.78, 5) is 10.5. The highest BCUT2D eigenvalue weighted by molar-refractivity contribution is 5.70. The van der Waals surface area contributed by atoms with Crippen molar-refractivity contribution in [3.63, 3.8) is 0 Å². The molecule has 84 valence electrons. The fourth-order valence-electron chi connectivity index (χ4n) is 1.10. The first-order valence-electron chi connectivity index (χ1n) is 4.13.